The number of unbranched alkanes of at least 4 members (excludes halogenated alkanes) is 3. The number of hydrogen-bond donors (Lipinski definition) is 1. The molecule has 0 spiro atoms. The average molecular weight is 280 g/mol. The van der Waals surface area contributed by atoms with E-state index in [1.54, 1.807) is 0 Å². The fourth-order valence-corrected chi connectivity index (χ4v) is 1.45. The molecule has 0 heterocycles. The zero-order chi connectivity index (χ0) is 11.4. The Kier molecular flexibility index (Phi) is 11.9. The Balaban J connectivity index is 3.11. The standard InChI is InChI=1S/C11H22BrNO2/c1-2-3-4-5-6-11(14)13-8-10-15-9-7-12/h2-10H2,1H3,(H,13,14). The van der Waals surface area contributed by atoms with Gasteiger partial charge in [-0.15, -0.1) is 0 Å². The average Bonchev–Trinajstić information content (AvgIpc) is 2.24. The van der Waals surface area contributed by atoms with Gasteiger partial charge in [0.2, 0.25) is 5.91 Å². The van der Waals surface area contributed by atoms with Crippen LogP contribution in [0.5, 0.6) is 0 Å². The third-order valence-corrected chi connectivity index (χ3v) is 2.37. The highest BCUT2D eigenvalue weighted by atomic mass is 79.9. The molecule has 1 N–H and O–H groups in total. The molecule has 90 valence electrons. The summed E-state index contributed by atoms with van der Waals surface area (Å²) in [6.07, 6.45) is 5.24. The van der Waals surface area contributed by atoms with Gasteiger partial charge in [-0.05, 0) is 6.42 Å². The van der Waals surface area contributed by atoms with Gasteiger partial charge in [-0.3, -0.25) is 4.79 Å². The number of nitrogens with one attached hydrogen (secondary N) is 1. The van der Waals surface area contributed by atoms with E-state index in [0.717, 1.165) is 18.2 Å². The van der Waals surface area contributed by atoms with Crippen LogP contribution in [0.1, 0.15) is 39.0 Å². The number of alkyl halides is 1. The molecule has 0 rings (SSSR count). The summed E-state index contributed by atoms with van der Waals surface area (Å²) in [6.45, 7) is 4.10. The molecular weight excluding hydrogens is 258 g/mol. The van der Waals surface area contributed by atoms with E-state index < -0.39 is 0 Å². The fraction of sp³-hybridized carbons (Fsp3) is 0.909. The van der Waals surface area contributed by atoms with E-state index in [-0.39, 0.29) is 5.91 Å². The van der Waals surface area contributed by atoms with E-state index in [1.165, 1.54) is 12.8 Å². The maximum Gasteiger partial charge on any atom is 0.220 e. The van der Waals surface area contributed by atoms with Crippen molar-refractivity contribution in [1.29, 1.82) is 0 Å². The van der Waals surface area contributed by atoms with Crippen LogP contribution in [0.15, 0.2) is 0 Å². The lowest BCUT2D eigenvalue weighted by atomic mass is 10.1. The SMILES string of the molecule is CCCCCCC(=O)NCCOCCBr. The van der Waals surface area contributed by atoms with Crippen LogP contribution in [0.4, 0.5) is 0 Å². The quantitative estimate of drug-likeness (QED) is 0.493. The van der Waals surface area contributed by atoms with E-state index in [0.29, 0.717) is 26.2 Å². The molecule has 0 aliphatic carbocycles. The second-order valence-electron chi connectivity index (χ2n) is 3.46. The smallest absolute Gasteiger partial charge is 0.220 e. The first-order valence-electron chi connectivity index (χ1n) is 5.71. The second kappa shape index (κ2) is 12.0. The molecule has 0 saturated carbocycles. The predicted molar refractivity (Wildman–Crippen MR) is 66.4 cm³/mol. The van der Waals surface area contributed by atoms with E-state index in [9.17, 15) is 4.79 Å². The molecule has 0 aromatic heterocycles. The molecular formula is C11H22BrNO2. The summed E-state index contributed by atoms with van der Waals surface area (Å²) in [5.74, 6) is 0.147. The Morgan fingerprint density at radius 2 is 2.07 bits per heavy atom. The molecule has 0 unspecified atom stereocenters. The zero-order valence-corrected chi connectivity index (χ0v) is 11.1. The summed E-state index contributed by atoms with van der Waals surface area (Å²) in [5, 5.41) is 3.68. The molecule has 0 radical (unpaired) electrons. The van der Waals surface area contributed by atoms with Gasteiger partial charge in [0.25, 0.3) is 0 Å². The maximum atomic E-state index is 11.3. The number of hydrogen-bond acceptors (Lipinski definition) is 2. The molecule has 1 amide bonds. The molecule has 15 heavy (non-hydrogen) atoms. The zero-order valence-electron chi connectivity index (χ0n) is 9.56. The van der Waals surface area contributed by atoms with Crippen LogP contribution in [0.2, 0.25) is 0 Å². The van der Waals surface area contributed by atoms with Gasteiger partial charge < -0.3 is 10.1 Å². The summed E-state index contributed by atoms with van der Waals surface area (Å²) >= 11 is 3.27. The largest absolute Gasteiger partial charge is 0.379 e. The first kappa shape index (κ1) is 14.9. The molecule has 3 nitrogen and oxygen atoms in total. The van der Waals surface area contributed by atoms with Crippen molar-refractivity contribution in [3.63, 3.8) is 0 Å². The third-order valence-electron chi connectivity index (χ3n) is 2.05. The molecule has 0 aromatic rings. The minimum absolute atomic E-state index is 0.147. The van der Waals surface area contributed by atoms with Gasteiger partial charge >= 0.3 is 0 Å². The predicted octanol–water partition coefficient (Wildman–Crippen LogP) is 2.48. The van der Waals surface area contributed by atoms with Crippen molar-refractivity contribution >= 4 is 21.8 Å². The number of amides is 1. The highest BCUT2D eigenvalue weighted by Gasteiger charge is 1.99. The van der Waals surface area contributed by atoms with Crippen LogP contribution >= 0.6 is 15.9 Å². The van der Waals surface area contributed by atoms with E-state index in [4.69, 9.17) is 4.74 Å². The fourth-order valence-electron chi connectivity index (χ4n) is 1.22. The Bertz CT molecular complexity index is 154. The van der Waals surface area contributed by atoms with Crippen molar-refractivity contribution in [1.82, 2.24) is 5.32 Å². The van der Waals surface area contributed by atoms with Gasteiger partial charge in [0.15, 0.2) is 0 Å². The van der Waals surface area contributed by atoms with Crippen LogP contribution < -0.4 is 5.32 Å². The van der Waals surface area contributed by atoms with Crippen molar-refractivity contribution < 1.29 is 9.53 Å². The Hall–Kier alpha value is -0.0900. The topological polar surface area (TPSA) is 38.3 Å². The Morgan fingerprint density at radius 1 is 1.27 bits per heavy atom. The van der Waals surface area contributed by atoms with Crippen molar-refractivity contribution in [2.75, 3.05) is 25.1 Å². The molecule has 0 fully saturated rings. The number of halogens is 1. The molecule has 0 atom stereocenters. The van der Waals surface area contributed by atoms with Crippen LogP contribution in [-0.2, 0) is 9.53 Å². The number of carbonyl (C=O) groups is 1. The van der Waals surface area contributed by atoms with E-state index in [1.807, 2.05) is 0 Å². The summed E-state index contributed by atoms with van der Waals surface area (Å²) in [7, 11) is 0. The van der Waals surface area contributed by atoms with E-state index >= 15 is 0 Å². The van der Waals surface area contributed by atoms with Crippen LogP contribution in [0.25, 0.3) is 0 Å². The minimum atomic E-state index is 0.147. The molecule has 0 aliphatic rings. The van der Waals surface area contributed by atoms with Gasteiger partial charge in [-0.25, -0.2) is 0 Å². The van der Waals surface area contributed by atoms with Gasteiger partial charge in [0, 0.05) is 18.3 Å². The first-order chi connectivity index (χ1) is 7.31. The molecule has 0 bridgehead atoms. The van der Waals surface area contributed by atoms with Gasteiger partial charge in [-0.1, -0.05) is 42.1 Å². The third kappa shape index (κ3) is 11.8. The summed E-state index contributed by atoms with van der Waals surface area (Å²) in [6, 6.07) is 0. The van der Waals surface area contributed by atoms with Gasteiger partial charge in [0.1, 0.15) is 0 Å². The van der Waals surface area contributed by atoms with Crippen molar-refractivity contribution in [3.05, 3.63) is 0 Å². The normalized spacial score (nSPS) is 10.3. The number of ether oxygens (including phenoxy) is 1. The molecule has 0 saturated heterocycles. The van der Waals surface area contributed by atoms with Crippen LogP contribution in [0, 0.1) is 0 Å². The van der Waals surface area contributed by atoms with Crippen LogP contribution in [-0.4, -0.2) is 31.0 Å². The second-order valence-corrected chi connectivity index (χ2v) is 4.25. The molecule has 0 aliphatic heterocycles. The lowest BCUT2D eigenvalue weighted by molar-refractivity contribution is -0.121. The maximum absolute atomic E-state index is 11.3. The van der Waals surface area contributed by atoms with Crippen molar-refractivity contribution in [2.24, 2.45) is 0 Å². The van der Waals surface area contributed by atoms with E-state index in [2.05, 4.69) is 28.2 Å². The summed E-state index contributed by atoms with van der Waals surface area (Å²) < 4.78 is 5.21. The Morgan fingerprint density at radius 3 is 2.73 bits per heavy atom. The molecule has 0 aromatic carbocycles. The Labute approximate surface area is 101 Å². The van der Waals surface area contributed by atoms with Crippen molar-refractivity contribution in [3.8, 4) is 0 Å². The summed E-state index contributed by atoms with van der Waals surface area (Å²) in [5.41, 5.74) is 0. The highest BCUT2D eigenvalue weighted by molar-refractivity contribution is 9.09. The lowest BCUT2D eigenvalue weighted by Crippen LogP contribution is -2.27. The van der Waals surface area contributed by atoms with Gasteiger partial charge in [-0.2, -0.15) is 0 Å². The van der Waals surface area contributed by atoms with Gasteiger partial charge in [0.05, 0.1) is 13.2 Å². The van der Waals surface area contributed by atoms with Crippen LogP contribution in [0.3, 0.4) is 0 Å². The highest BCUT2D eigenvalue weighted by Crippen LogP contribution is 2.01. The minimum Gasteiger partial charge on any atom is -0.379 e. The molecule has 4 heteroatoms. The number of rotatable bonds is 10. The lowest BCUT2D eigenvalue weighted by Gasteiger charge is -2.05. The number of carbonyl (C=O) groups excluding carboxylic acids is 1. The monoisotopic (exact) mass is 279 g/mol. The van der Waals surface area contributed by atoms with Crippen molar-refractivity contribution in [2.45, 2.75) is 39.0 Å². The summed E-state index contributed by atoms with van der Waals surface area (Å²) in [4.78, 5) is 11.3. The first-order valence-corrected chi connectivity index (χ1v) is 6.83.